The monoisotopic (exact) mass is 487 g/mol. The van der Waals surface area contributed by atoms with Gasteiger partial charge >= 0.3 is 0 Å². The number of benzene rings is 4. The number of fused-ring (bicyclic) bond motifs is 3. The molecular formula is C36H41N. The van der Waals surface area contributed by atoms with E-state index < -0.39 is 0 Å². The van der Waals surface area contributed by atoms with E-state index in [-0.39, 0.29) is 11.0 Å². The molecule has 1 heteroatoms. The molecule has 37 heavy (non-hydrogen) atoms. The molecule has 0 aromatic heterocycles. The Labute approximate surface area is 224 Å². The number of aryl methyl sites for hydroxylation is 2. The van der Waals surface area contributed by atoms with E-state index in [2.05, 4.69) is 146 Å². The number of nitrogens with zero attached hydrogens (tertiary/aromatic N) is 1. The third kappa shape index (κ3) is 4.19. The predicted molar refractivity (Wildman–Crippen MR) is 161 cm³/mol. The summed E-state index contributed by atoms with van der Waals surface area (Å²) in [7, 11) is 0. The zero-order valence-electron chi connectivity index (χ0n) is 24.0. The van der Waals surface area contributed by atoms with Gasteiger partial charge in [-0.05, 0) is 109 Å². The van der Waals surface area contributed by atoms with Gasteiger partial charge in [-0.15, -0.1) is 0 Å². The van der Waals surface area contributed by atoms with E-state index in [1.807, 2.05) is 0 Å². The van der Waals surface area contributed by atoms with E-state index in [9.17, 15) is 0 Å². The summed E-state index contributed by atoms with van der Waals surface area (Å²) in [6, 6.07) is 29.5. The number of rotatable bonds is 4. The molecule has 0 bridgehead atoms. The van der Waals surface area contributed by atoms with Gasteiger partial charge in [0.15, 0.2) is 0 Å². The highest BCUT2D eigenvalue weighted by Crippen LogP contribution is 2.53. The van der Waals surface area contributed by atoms with Crippen LogP contribution in [0.25, 0.3) is 22.3 Å². The van der Waals surface area contributed by atoms with E-state index in [0.717, 1.165) is 0 Å². The molecule has 0 spiro atoms. The largest absolute Gasteiger partial charge is 0.336 e. The van der Waals surface area contributed by atoms with Gasteiger partial charge in [-0.25, -0.2) is 0 Å². The van der Waals surface area contributed by atoms with E-state index in [1.165, 1.54) is 61.4 Å². The summed E-state index contributed by atoms with van der Waals surface area (Å²) in [5.41, 5.74) is 14.8. The molecule has 4 aromatic rings. The Balaban J connectivity index is 1.73. The van der Waals surface area contributed by atoms with Crippen molar-refractivity contribution in [2.24, 2.45) is 0 Å². The molecule has 0 unspecified atom stereocenters. The lowest BCUT2D eigenvalue weighted by Gasteiger charge is -2.40. The maximum Gasteiger partial charge on any atom is 0.0451 e. The van der Waals surface area contributed by atoms with Crippen LogP contribution in [-0.4, -0.2) is 5.54 Å². The fraction of sp³-hybridized carbons (Fsp3) is 0.333. The normalized spacial score (nSPS) is 14.0. The first-order valence-electron chi connectivity index (χ1n) is 13.7. The van der Waals surface area contributed by atoms with Crippen molar-refractivity contribution in [2.75, 3.05) is 4.90 Å². The molecular weight excluding hydrogens is 446 g/mol. The molecule has 0 saturated heterocycles. The molecule has 0 heterocycles. The minimum Gasteiger partial charge on any atom is -0.336 e. The molecule has 190 valence electrons. The Morgan fingerprint density at radius 1 is 0.676 bits per heavy atom. The summed E-state index contributed by atoms with van der Waals surface area (Å²) in [4.78, 5) is 2.56. The molecule has 0 atom stereocenters. The maximum absolute atomic E-state index is 2.56. The Bertz CT molecular complexity index is 1470. The lowest BCUT2D eigenvalue weighted by molar-refractivity contribution is 0.557. The molecule has 4 aromatic carbocycles. The van der Waals surface area contributed by atoms with Gasteiger partial charge in [0, 0.05) is 22.3 Å². The van der Waals surface area contributed by atoms with Gasteiger partial charge < -0.3 is 4.90 Å². The Morgan fingerprint density at radius 2 is 1.35 bits per heavy atom. The highest BCUT2D eigenvalue weighted by atomic mass is 15.2. The van der Waals surface area contributed by atoms with Gasteiger partial charge in [0.1, 0.15) is 0 Å². The van der Waals surface area contributed by atoms with Crippen molar-refractivity contribution in [1.82, 2.24) is 0 Å². The van der Waals surface area contributed by atoms with Crippen LogP contribution in [0.1, 0.15) is 82.2 Å². The van der Waals surface area contributed by atoms with Crippen molar-refractivity contribution < 1.29 is 0 Å². The van der Waals surface area contributed by atoms with E-state index in [1.54, 1.807) is 0 Å². The molecule has 0 amide bonds. The Morgan fingerprint density at radius 3 is 2.00 bits per heavy atom. The van der Waals surface area contributed by atoms with Crippen LogP contribution in [0, 0.1) is 13.8 Å². The summed E-state index contributed by atoms with van der Waals surface area (Å²) < 4.78 is 0. The summed E-state index contributed by atoms with van der Waals surface area (Å²) in [5.74, 6) is 0.492. The molecule has 0 saturated carbocycles. The predicted octanol–water partition coefficient (Wildman–Crippen LogP) is 10.3. The first-order chi connectivity index (χ1) is 17.4. The SMILES string of the molecule is Cc1ccc(-c2ccccc2)cc1N(c1cc2c(cc1C)-c1c(C(C)C)cccc1C2(C)C)C(C)(C)C. The first-order valence-corrected chi connectivity index (χ1v) is 13.7. The molecule has 1 nitrogen and oxygen atoms in total. The summed E-state index contributed by atoms with van der Waals surface area (Å²) in [5, 5.41) is 0. The fourth-order valence-electron chi connectivity index (χ4n) is 6.19. The van der Waals surface area contributed by atoms with E-state index >= 15 is 0 Å². The highest BCUT2D eigenvalue weighted by Gasteiger charge is 2.39. The maximum atomic E-state index is 2.56. The Hall–Kier alpha value is -3.32. The molecule has 0 radical (unpaired) electrons. The smallest absolute Gasteiger partial charge is 0.0451 e. The zero-order valence-corrected chi connectivity index (χ0v) is 24.0. The zero-order chi connectivity index (χ0) is 26.7. The highest BCUT2D eigenvalue weighted by molar-refractivity contribution is 5.87. The number of hydrogen-bond acceptors (Lipinski definition) is 1. The third-order valence-electron chi connectivity index (χ3n) is 8.14. The van der Waals surface area contributed by atoms with Gasteiger partial charge in [0.2, 0.25) is 0 Å². The molecule has 5 rings (SSSR count). The third-order valence-corrected chi connectivity index (χ3v) is 8.14. The molecule has 0 N–H and O–H groups in total. The summed E-state index contributed by atoms with van der Waals surface area (Å²) in [6.07, 6.45) is 0. The topological polar surface area (TPSA) is 3.24 Å². The molecule has 1 aliphatic carbocycles. The quantitative estimate of drug-likeness (QED) is 0.277. The number of hydrogen-bond donors (Lipinski definition) is 0. The van der Waals surface area contributed by atoms with Gasteiger partial charge in [-0.1, -0.05) is 88.4 Å². The van der Waals surface area contributed by atoms with Crippen LogP contribution in [0.2, 0.25) is 0 Å². The van der Waals surface area contributed by atoms with Gasteiger partial charge in [-0.2, -0.15) is 0 Å². The summed E-state index contributed by atoms with van der Waals surface area (Å²) in [6.45, 7) is 20.9. The van der Waals surface area contributed by atoms with Crippen LogP contribution < -0.4 is 4.90 Å². The summed E-state index contributed by atoms with van der Waals surface area (Å²) >= 11 is 0. The lowest BCUT2D eigenvalue weighted by Crippen LogP contribution is -2.38. The Kier molecular flexibility index (Phi) is 6.10. The van der Waals surface area contributed by atoms with Crippen molar-refractivity contribution in [3.63, 3.8) is 0 Å². The second kappa shape index (κ2) is 8.91. The fourth-order valence-corrected chi connectivity index (χ4v) is 6.19. The first kappa shape index (κ1) is 25.3. The molecule has 0 aliphatic heterocycles. The minimum absolute atomic E-state index is 0.0392. The van der Waals surface area contributed by atoms with E-state index in [0.29, 0.717) is 5.92 Å². The van der Waals surface area contributed by atoms with Crippen molar-refractivity contribution in [2.45, 2.75) is 79.2 Å². The van der Waals surface area contributed by atoms with Crippen LogP contribution in [-0.2, 0) is 5.41 Å². The van der Waals surface area contributed by atoms with Crippen LogP contribution >= 0.6 is 0 Å². The van der Waals surface area contributed by atoms with Gasteiger partial charge in [0.05, 0.1) is 0 Å². The van der Waals surface area contributed by atoms with Gasteiger partial charge in [0.25, 0.3) is 0 Å². The standard InChI is InChI=1S/C36H41N/c1-23(2)28-16-13-17-30-34(28)29-20-25(4)33(22-31(29)36(30,8)9)37(35(5,6)7)32-21-27(19-18-24(32)3)26-14-11-10-12-15-26/h10-23H,1-9H3. The average molecular weight is 488 g/mol. The minimum atomic E-state index is -0.0994. The van der Waals surface area contributed by atoms with Crippen LogP contribution in [0.3, 0.4) is 0 Å². The average Bonchev–Trinajstić information content (AvgIpc) is 3.06. The second-order valence-electron chi connectivity index (χ2n) is 12.6. The van der Waals surface area contributed by atoms with E-state index in [4.69, 9.17) is 0 Å². The van der Waals surface area contributed by atoms with Crippen molar-refractivity contribution in [3.8, 4) is 22.3 Å². The van der Waals surface area contributed by atoms with Crippen molar-refractivity contribution >= 4 is 11.4 Å². The van der Waals surface area contributed by atoms with Gasteiger partial charge in [-0.3, -0.25) is 0 Å². The van der Waals surface area contributed by atoms with Crippen molar-refractivity contribution in [1.29, 1.82) is 0 Å². The second-order valence-corrected chi connectivity index (χ2v) is 12.6. The lowest BCUT2D eigenvalue weighted by atomic mass is 9.81. The molecule has 1 aliphatic rings. The van der Waals surface area contributed by atoms with Crippen LogP contribution in [0.4, 0.5) is 11.4 Å². The van der Waals surface area contributed by atoms with Crippen LogP contribution in [0.5, 0.6) is 0 Å². The molecule has 0 fully saturated rings. The van der Waals surface area contributed by atoms with Crippen LogP contribution in [0.15, 0.2) is 78.9 Å². The van der Waals surface area contributed by atoms with Crippen molar-refractivity contribution in [3.05, 3.63) is 107 Å². The number of anilines is 2.